The van der Waals surface area contributed by atoms with Crippen molar-refractivity contribution in [1.29, 1.82) is 0 Å². The van der Waals surface area contributed by atoms with Gasteiger partial charge < -0.3 is 14.2 Å². The molecule has 0 saturated heterocycles. The van der Waals surface area contributed by atoms with Crippen LogP contribution in [-0.2, 0) is 17.9 Å². The van der Waals surface area contributed by atoms with Gasteiger partial charge in [0.25, 0.3) is 0 Å². The number of aryl methyl sites for hydroxylation is 1. The van der Waals surface area contributed by atoms with Crippen molar-refractivity contribution in [3.05, 3.63) is 47.5 Å². The molecular formula is C16H18N2O3. The summed E-state index contributed by atoms with van der Waals surface area (Å²) in [6.07, 6.45) is 3.30. The normalized spacial score (nSPS) is 17.5. The molecule has 1 N–H and O–H groups in total. The van der Waals surface area contributed by atoms with Crippen LogP contribution in [0.15, 0.2) is 30.5 Å². The molecule has 3 heterocycles. The molecule has 3 rings (SSSR count). The maximum absolute atomic E-state index is 12.7. The molecule has 1 aliphatic heterocycles. The second-order valence-corrected chi connectivity index (χ2v) is 5.34. The van der Waals surface area contributed by atoms with Crippen LogP contribution in [-0.4, -0.2) is 26.0 Å². The Bertz CT molecular complexity index is 696. The average Bonchev–Trinajstić information content (AvgIpc) is 3.12. The van der Waals surface area contributed by atoms with Crippen LogP contribution in [0.25, 0.3) is 0 Å². The van der Waals surface area contributed by atoms with E-state index in [4.69, 9.17) is 0 Å². The number of nitrogens with zero attached hydrogens (tertiary/aromatic N) is 2. The van der Waals surface area contributed by atoms with Crippen LogP contribution in [0, 0.1) is 0 Å². The lowest BCUT2D eigenvalue weighted by atomic mass is 9.96. The molecule has 1 atom stereocenters. The predicted octanol–water partition coefficient (Wildman–Crippen LogP) is 2.50. The topological polar surface area (TPSA) is 64.2 Å². The van der Waals surface area contributed by atoms with Crippen LogP contribution in [0.1, 0.15) is 47.6 Å². The summed E-state index contributed by atoms with van der Waals surface area (Å²) in [6.45, 7) is 3.43. The van der Waals surface area contributed by atoms with Gasteiger partial charge in [-0.1, -0.05) is 0 Å². The Balaban J connectivity index is 2.01. The van der Waals surface area contributed by atoms with E-state index in [1.54, 1.807) is 12.1 Å². The monoisotopic (exact) mass is 286 g/mol. The van der Waals surface area contributed by atoms with Crippen molar-refractivity contribution in [3.8, 4) is 0 Å². The van der Waals surface area contributed by atoms with E-state index in [1.807, 2.05) is 34.4 Å². The Hall–Kier alpha value is -2.30. The number of carbonyl (C=O) groups is 2. The molecule has 0 bridgehead atoms. The van der Waals surface area contributed by atoms with E-state index in [0.29, 0.717) is 24.4 Å². The zero-order valence-electron chi connectivity index (χ0n) is 12.0. The second kappa shape index (κ2) is 5.24. The number of ketones is 1. The maximum atomic E-state index is 12.7. The molecular weight excluding hydrogens is 268 g/mol. The van der Waals surface area contributed by atoms with Gasteiger partial charge in [-0.3, -0.25) is 9.59 Å². The molecule has 21 heavy (non-hydrogen) atoms. The van der Waals surface area contributed by atoms with E-state index in [0.717, 1.165) is 18.7 Å². The van der Waals surface area contributed by atoms with E-state index < -0.39 is 11.9 Å². The maximum Gasteiger partial charge on any atom is 0.312 e. The number of aromatic nitrogens is 2. The first-order valence-electron chi connectivity index (χ1n) is 7.25. The van der Waals surface area contributed by atoms with Crippen molar-refractivity contribution >= 4 is 11.8 Å². The van der Waals surface area contributed by atoms with E-state index in [9.17, 15) is 14.7 Å². The summed E-state index contributed by atoms with van der Waals surface area (Å²) in [6, 6.07) is 7.20. The van der Waals surface area contributed by atoms with E-state index in [2.05, 4.69) is 0 Å². The molecule has 1 aliphatic rings. The number of aliphatic carboxylic acids is 1. The second-order valence-electron chi connectivity index (χ2n) is 5.34. The molecule has 0 spiro atoms. The van der Waals surface area contributed by atoms with Crippen molar-refractivity contribution < 1.29 is 14.7 Å². The highest BCUT2D eigenvalue weighted by atomic mass is 16.4. The van der Waals surface area contributed by atoms with Gasteiger partial charge in [0, 0.05) is 25.0 Å². The van der Waals surface area contributed by atoms with Crippen molar-refractivity contribution in [2.45, 2.75) is 38.8 Å². The van der Waals surface area contributed by atoms with E-state index in [1.165, 1.54) is 0 Å². The lowest BCUT2D eigenvalue weighted by Gasteiger charge is -2.23. The number of carbonyl (C=O) groups excluding carboxylic acids is 1. The predicted molar refractivity (Wildman–Crippen MR) is 77.6 cm³/mol. The van der Waals surface area contributed by atoms with Gasteiger partial charge in [0.15, 0.2) is 0 Å². The summed E-state index contributed by atoms with van der Waals surface area (Å²) >= 11 is 0. The number of fused-ring (bicyclic) bond motifs is 1. The third-order valence-corrected chi connectivity index (χ3v) is 4.18. The average molecular weight is 286 g/mol. The molecule has 0 fully saturated rings. The summed E-state index contributed by atoms with van der Waals surface area (Å²) in [7, 11) is 0. The summed E-state index contributed by atoms with van der Waals surface area (Å²) in [5, 5.41) is 9.30. The third kappa shape index (κ3) is 2.18. The number of hydrogen-bond acceptors (Lipinski definition) is 2. The lowest BCUT2D eigenvalue weighted by Crippen LogP contribution is -2.24. The van der Waals surface area contributed by atoms with E-state index >= 15 is 0 Å². The van der Waals surface area contributed by atoms with Crippen LogP contribution < -0.4 is 0 Å². The largest absolute Gasteiger partial charge is 0.481 e. The van der Waals surface area contributed by atoms with Gasteiger partial charge in [0.2, 0.25) is 5.78 Å². The molecule has 2 aromatic rings. The van der Waals surface area contributed by atoms with Gasteiger partial charge in [-0.25, -0.2) is 0 Å². The zero-order valence-corrected chi connectivity index (χ0v) is 12.0. The minimum Gasteiger partial charge on any atom is -0.481 e. The van der Waals surface area contributed by atoms with Crippen molar-refractivity contribution in [2.24, 2.45) is 0 Å². The summed E-state index contributed by atoms with van der Waals surface area (Å²) in [5.74, 6) is -1.36. The van der Waals surface area contributed by atoms with Crippen molar-refractivity contribution in [1.82, 2.24) is 9.13 Å². The summed E-state index contributed by atoms with van der Waals surface area (Å²) in [4.78, 5) is 24.0. The van der Waals surface area contributed by atoms with Crippen LogP contribution in [0.2, 0.25) is 0 Å². The number of carboxylic acid groups (broad SMARTS) is 1. The standard InChI is InChI=1S/C16H18N2O3/c1-2-17-9-4-6-13(17)15(19)14-8-7-12-11(16(20)21)5-3-10-18(12)14/h4,6-9,11H,2-3,5,10H2,1H3,(H,20,21). The molecule has 1 unspecified atom stereocenters. The molecule has 5 nitrogen and oxygen atoms in total. The Kier molecular flexibility index (Phi) is 3.41. The molecule has 0 aromatic carbocycles. The Labute approximate surface area is 122 Å². The van der Waals surface area contributed by atoms with Gasteiger partial charge >= 0.3 is 5.97 Å². The molecule has 5 heteroatoms. The minimum absolute atomic E-state index is 0.0425. The lowest BCUT2D eigenvalue weighted by molar-refractivity contribution is -0.139. The van der Waals surface area contributed by atoms with Crippen LogP contribution in [0.3, 0.4) is 0 Å². The Morgan fingerprint density at radius 3 is 2.81 bits per heavy atom. The molecule has 0 saturated carbocycles. The molecule has 110 valence electrons. The fraction of sp³-hybridized carbons (Fsp3) is 0.375. The Morgan fingerprint density at radius 1 is 1.29 bits per heavy atom. The highest BCUT2D eigenvalue weighted by molar-refractivity contribution is 6.07. The molecule has 0 radical (unpaired) electrons. The van der Waals surface area contributed by atoms with Gasteiger partial charge in [0.1, 0.15) is 0 Å². The van der Waals surface area contributed by atoms with Gasteiger partial charge in [-0.15, -0.1) is 0 Å². The number of rotatable bonds is 4. The van der Waals surface area contributed by atoms with Crippen LogP contribution in [0.4, 0.5) is 0 Å². The first-order valence-corrected chi connectivity index (χ1v) is 7.25. The fourth-order valence-corrected chi connectivity index (χ4v) is 3.11. The quantitative estimate of drug-likeness (QED) is 0.878. The first-order chi connectivity index (χ1) is 10.1. The van der Waals surface area contributed by atoms with Gasteiger partial charge in [0.05, 0.1) is 17.3 Å². The summed E-state index contributed by atoms with van der Waals surface area (Å²) < 4.78 is 3.78. The van der Waals surface area contributed by atoms with Crippen LogP contribution in [0.5, 0.6) is 0 Å². The molecule has 0 amide bonds. The summed E-state index contributed by atoms with van der Waals surface area (Å²) in [5.41, 5.74) is 1.98. The fourth-order valence-electron chi connectivity index (χ4n) is 3.11. The smallest absolute Gasteiger partial charge is 0.312 e. The van der Waals surface area contributed by atoms with E-state index in [-0.39, 0.29) is 5.78 Å². The minimum atomic E-state index is -0.815. The molecule has 0 aliphatic carbocycles. The zero-order chi connectivity index (χ0) is 15.0. The SMILES string of the molecule is CCn1cccc1C(=O)c1ccc2n1CCCC2C(=O)O. The van der Waals surface area contributed by atoms with Crippen LogP contribution >= 0.6 is 0 Å². The first kappa shape index (κ1) is 13.7. The van der Waals surface area contributed by atoms with Gasteiger partial charge in [-0.2, -0.15) is 0 Å². The number of hydrogen-bond donors (Lipinski definition) is 1. The van der Waals surface area contributed by atoms with Crippen molar-refractivity contribution in [2.75, 3.05) is 0 Å². The van der Waals surface area contributed by atoms with Crippen molar-refractivity contribution in [3.63, 3.8) is 0 Å². The van der Waals surface area contributed by atoms with Gasteiger partial charge in [-0.05, 0) is 44.0 Å². The number of carboxylic acids is 1. The highest BCUT2D eigenvalue weighted by Crippen LogP contribution is 2.30. The highest BCUT2D eigenvalue weighted by Gasteiger charge is 2.29. The molecule has 2 aromatic heterocycles. The third-order valence-electron chi connectivity index (χ3n) is 4.18. The Morgan fingerprint density at radius 2 is 2.10 bits per heavy atom.